The zero-order valence-corrected chi connectivity index (χ0v) is 20.6. The molecule has 186 valence electrons. The van der Waals surface area contributed by atoms with Gasteiger partial charge in [0.2, 0.25) is 15.9 Å². The van der Waals surface area contributed by atoms with Crippen LogP contribution >= 0.6 is 0 Å². The van der Waals surface area contributed by atoms with Crippen LogP contribution in [0.4, 0.5) is 5.69 Å². The Morgan fingerprint density at radius 2 is 1.64 bits per heavy atom. The molecule has 4 rings (SSSR count). The van der Waals surface area contributed by atoms with E-state index in [0.717, 1.165) is 4.57 Å². The van der Waals surface area contributed by atoms with Gasteiger partial charge in [0, 0.05) is 25.8 Å². The zero-order valence-electron chi connectivity index (χ0n) is 19.8. The van der Waals surface area contributed by atoms with Crippen molar-refractivity contribution < 1.29 is 17.9 Å². The molecule has 3 aromatic carbocycles. The maximum atomic E-state index is 13.4. The largest absolute Gasteiger partial charge is 0.497 e. The van der Waals surface area contributed by atoms with Crippen LogP contribution in [0.1, 0.15) is 11.6 Å². The predicted octanol–water partition coefficient (Wildman–Crippen LogP) is 1.90. The standard InChI is InChI=1S/C25H24N4O6S/c1-28-21-13-12-19(15-20(21)24(31)29(2)25(28)32)36(33,34)27-22(16-8-5-4-6-9-16)23(30)26-17-10-7-11-18(14-17)35-3/h4-15,22,27H,1-3H3,(H,26,30)/t22-/m0/s1. The Kier molecular flexibility index (Phi) is 6.77. The van der Waals surface area contributed by atoms with E-state index in [2.05, 4.69) is 10.0 Å². The number of nitrogens with one attached hydrogen (secondary N) is 2. The lowest BCUT2D eigenvalue weighted by Gasteiger charge is -2.19. The van der Waals surface area contributed by atoms with Gasteiger partial charge in [0.25, 0.3) is 5.56 Å². The number of benzene rings is 3. The highest BCUT2D eigenvalue weighted by Gasteiger charge is 2.28. The summed E-state index contributed by atoms with van der Waals surface area (Å²) in [6, 6.07) is 17.6. The quantitative estimate of drug-likeness (QED) is 0.392. The molecule has 0 fully saturated rings. The van der Waals surface area contributed by atoms with Crippen molar-refractivity contribution in [2.75, 3.05) is 12.4 Å². The van der Waals surface area contributed by atoms with Gasteiger partial charge in [-0.3, -0.25) is 18.7 Å². The second-order valence-electron chi connectivity index (χ2n) is 8.07. The fourth-order valence-electron chi connectivity index (χ4n) is 3.80. The van der Waals surface area contributed by atoms with Crippen LogP contribution in [-0.2, 0) is 28.9 Å². The van der Waals surface area contributed by atoms with Gasteiger partial charge in [-0.15, -0.1) is 0 Å². The third-order valence-electron chi connectivity index (χ3n) is 5.75. The molecule has 0 spiro atoms. The number of aryl methyl sites for hydroxylation is 1. The number of carbonyl (C=O) groups is 1. The lowest BCUT2D eigenvalue weighted by molar-refractivity contribution is -0.117. The van der Waals surface area contributed by atoms with Crippen molar-refractivity contribution >= 4 is 32.5 Å². The van der Waals surface area contributed by atoms with Crippen LogP contribution in [-0.4, -0.2) is 30.6 Å². The highest BCUT2D eigenvalue weighted by atomic mass is 32.2. The van der Waals surface area contributed by atoms with Gasteiger partial charge in [-0.25, -0.2) is 13.2 Å². The number of amides is 1. The number of fused-ring (bicyclic) bond motifs is 1. The average Bonchev–Trinajstić information content (AvgIpc) is 2.89. The molecule has 0 saturated carbocycles. The van der Waals surface area contributed by atoms with Gasteiger partial charge in [-0.05, 0) is 35.9 Å². The summed E-state index contributed by atoms with van der Waals surface area (Å²) in [5, 5.41) is 2.77. The van der Waals surface area contributed by atoms with Gasteiger partial charge in [0.1, 0.15) is 11.8 Å². The third kappa shape index (κ3) is 4.79. The summed E-state index contributed by atoms with van der Waals surface area (Å²) < 4.78 is 36.5. The smallest absolute Gasteiger partial charge is 0.330 e. The fourth-order valence-corrected chi connectivity index (χ4v) is 5.01. The lowest BCUT2D eigenvalue weighted by Crippen LogP contribution is -2.38. The van der Waals surface area contributed by atoms with Crippen LogP contribution < -0.4 is 26.0 Å². The van der Waals surface area contributed by atoms with E-state index in [4.69, 9.17) is 4.74 Å². The van der Waals surface area contributed by atoms with E-state index in [1.165, 1.54) is 44.0 Å². The van der Waals surface area contributed by atoms with Gasteiger partial charge >= 0.3 is 5.69 Å². The second-order valence-corrected chi connectivity index (χ2v) is 9.78. The number of hydrogen-bond acceptors (Lipinski definition) is 6. The topological polar surface area (TPSA) is 128 Å². The Bertz CT molecular complexity index is 1680. The van der Waals surface area contributed by atoms with Crippen LogP contribution in [0.5, 0.6) is 5.75 Å². The highest BCUT2D eigenvalue weighted by molar-refractivity contribution is 7.89. The van der Waals surface area contributed by atoms with Crippen LogP contribution in [0, 0.1) is 0 Å². The van der Waals surface area contributed by atoms with Crippen LogP contribution in [0.15, 0.2) is 87.3 Å². The van der Waals surface area contributed by atoms with Crippen molar-refractivity contribution in [3.63, 3.8) is 0 Å². The molecule has 0 aliphatic carbocycles. The summed E-state index contributed by atoms with van der Waals surface area (Å²) in [5.41, 5.74) is -0.0206. The van der Waals surface area contributed by atoms with E-state index < -0.39 is 33.2 Å². The molecule has 0 aliphatic heterocycles. The van der Waals surface area contributed by atoms with E-state index in [1.807, 2.05) is 0 Å². The summed E-state index contributed by atoms with van der Waals surface area (Å²) in [4.78, 5) is 37.9. The molecule has 2 N–H and O–H groups in total. The van der Waals surface area contributed by atoms with Crippen molar-refractivity contribution in [2.45, 2.75) is 10.9 Å². The first kappa shape index (κ1) is 24.9. The van der Waals surface area contributed by atoms with Crippen molar-refractivity contribution in [3.05, 3.63) is 99.2 Å². The molecular weight excluding hydrogens is 484 g/mol. The molecule has 0 unspecified atom stereocenters. The van der Waals surface area contributed by atoms with Crippen molar-refractivity contribution in [2.24, 2.45) is 14.1 Å². The molecule has 0 bridgehead atoms. The number of carbonyl (C=O) groups excluding carboxylic acids is 1. The fraction of sp³-hybridized carbons (Fsp3) is 0.160. The molecule has 10 nitrogen and oxygen atoms in total. The van der Waals surface area contributed by atoms with Gasteiger partial charge in [0.05, 0.1) is 22.9 Å². The molecular formula is C25H24N4O6S. The van der Waals surface area contributed by atoms with Crippen molar-refractivity contribution in [1.82, 2.24) is 13.9 Å². The van der Waals surface area contributed by atoms with Gasteiger partial charge < -0.3 is 10.1 Å². The summed E-state index contributed by atoms with van der Waals surface area (Å²) in [6.45, 7) is 0. The maximum Gasteiger partial charge on any atom is 0.330 e. The first-order valence-corrected chi connectivity index (χ1v) is 12.3. The number of aromatic nitrogens is 2. The maximum absolute atomic E-state index is 13.4. The number of nitrogens with zero attached hydrogens (tertiary/aromatic N) is 2. The predicted molar refractivity (Wildman–Crippen MR) is 136 cm³/mol. The first-order chi connectivity index (χ1) is 17.1. The molecule has 11 heteroatoms. The minimum Gasteiger partial charge on any atom is -0.497 e. The van der Waals surface area contributed by atoms with Crippen molar-refractivity contribution in [1.29, 1.82) is 0 Å². The van der Waals surface area contributed by atoms with E-state index in [0.29, 0.717) is 17.0 Å². The zero-order chi connectivity index (χ0) is 26.0. The summed E-state index contributed by atoms with van der Waals surface area (Å²) in [5.74, 6) is -0.0890. The summed E-state index contributed by atoms with van der Waals surface area (Å²) >= 11 is 0. The minimum atomic E-state index is -4.27. The second kappa shape index (κ2) is 9.80. The Balaban J connectivity index is 1.73. The number of hydrogen-bond donors (Lipinski definition) is 2. The molecule has 0 aliphatic rings. The SMILES string of the molecule is COc1cccc(NC(=O)[C@@H](NS(=O)(=O)c2ccc3c(c2)c(=O)n(C)c(=O)n3C)c2ccccc2)c1. The summed E-state index contributed by atoms with van der Waals surface area (Å²) in [7, 11) is 0.0320. The number of ether oxygens (including phenoxy) is 1. The Labute approximate surface area is 206 Å². The Morgan fingerprint density at radius 3 is 2.33 bits per heavy atom. The van der Waals surface area contributed by atoms with E-state index in [1.54, 1.807) is 54.6 Å². The van der Waals surface area contributed by atoms with E-state index in [9.17, 15) is 22.8 Å². The molecule has 1 aromatic heterocycles. The minimum absolute atomic E-state index is 0.0552. The molecule has 1 heterocycles. The van der Waals surface area contributed by atoms with E-state index >= 15 is 0 Å². The van der Waals surface area contributed by atoms with Gasteiger partial charge in [-0.1, -0.05) is 36.4 Å². The van der Waals surface area contributed by atoms with Crippen LogP contribution in [0.2, 0.25) is 0 Å². The molecule has 0 radical (unpaired) electrons. The molecule has 0 saturated heterocycles. The monoisotopic (exact) mass is 508 g/mol. The molecule has 1 atom stereocenters. The third-order valence-corrected chi connectivity index (χ3v) is 7.17. The first-order valence-electron chi connectivity index (χ1n) is 10.8. The highest BCUT2D eigenvalue weighted by Crippen LogP contribution is 2.23. The van der Waals surface area contributed by atoms with Crippen LogP contribution in [0.25, 0.3) is 10.9 Å². The van der Waals surface area contributed by atoms with Gasteiger partial charge in [0.15, 0.2) is 0 Å². The van der Waals surface area contributed by atoms with Crippen LogP contribution in [0.3, 0.4) is 0 Å². The van der Waals surface area contributed by atoms with Gasteiger partial charge in [-0.2, -0.15) is 4.72 Å². The van der Waals surface area contributed by atoms with E-state index in [-0.39, 0.29) is 15.8 Å². The molecule has 36 heavy (non-hydrogen) atoms. The molecule has 1 amide bonds. The lowest BCUT2D eigenvalue weighted by atomic mass is 10.1. The number of sulfonamides is 1. The molecule has 4 aromatic rings. The Morgan fingerprint density at radius 1 is 0.917 bits per heavy atom. The normalized spacial score (nSPS) is 12.3. The average molecular weight is 509 g/mol. The number of anilines is 1. The number of methoxy groups -OCH3 is 1. The summed E-state index contributed by atoms with van der Waals surface area (Å²) in [6.07, 6.45) is 0. The number of rotatable bonds is 7. The van der Waals surface area contributed by atoms with Crippen molar-refractivity contribution in [3.8, 4) is 5.75 Å². The Hall–Kier alpha value is -4.22.